The molecule has 1 heterocycles. The van der Waals surface area contributed by atoms with Crippen molar-refractivity contribution in [3.8, 4) is 0 Å². The number of benzene rings is 1. The molecule has 1 aromatic carbocycles. The summed E-state index contributed by atoms with van der Waals surface area (Å²) in [5.41, 5.74) is 7.27. The van der Waals surface area contributed by atoms with Crippen LogP contribution in [-0.2, 0) is 22.6 Å². The first-order valence-corrected chi connectivity index (χ1v) is 7.60. The lowest BCUT2D eigenvalue weighted by Gasteiger charge is -2.08. The maximum Gasteiger partial charge on any atom is 0.186 e. The van der Waals surface area contributed by atoms with Gasteiger partial charge < -0.3 is 5.73 Å². The van der Waals surface area contributed by atoms with Gasteiger partial charge in [0.1, 0.15) is 0 Å². The molecule has 0 saturated carbocycles. The molecule has 19 heavy (non-hydrogen) atoms. The number of hydrogen-bond donors (Lipinski definition) is 1. The molecule has 0 aliphatic heterocycles. The molecule has 5 nitrogen and oxygen atoms in total. The predicted molar refractivity (Wildman–Crippen MR) is 74.7 cm³/mol. The molecule has 0 saturated heterocycles. The van der Waals surface area contributed by atoms with E-state index in [2.05, 4.69) is 5.10 Å². The van der Waals surface area contributed by atoms with Gasteiger partial charge in [0.15, 0.2) is 9.84 Å². The van der Waals surface area contributed by atoms with Crippen LogP contribution >= 0.6 is 11.6 Å². The molecule has 2 aromatic rings. The Kier molecular flexibility index (Phi) is 3.56. The standard InChI is InChI=1S/C12H14ClN3O2S/c1-8-5-10(16(2)15-8)7-19(17,18)12-4-3-9(13)6-11(12)14/h3-6H,7,14H2,1-2H3. The molecule has 0 amide bonds. The third-order valence-electron chi connectivity index (χ3n) is 2.74. The Hall–Kier alpha value is -1.53. The lowest BCUT2D eigenvalue weighted by Crippen LogP contribution is -2.10. The zero-order valence-electron chi connectivity index (χ0n) is 10.6. The van der Waals surface area contributed by atoms with E-state index in [0.717, 1.165) is 5.69 Å². The summed E-state index contributed by atoms with van der Waals surface area (Å²) in [4.78, 5) is 0.0933. The van der Waals surface area contributed by atoms with E-state index in [1.54, 1.807) is 17.8 Å². The number of halogens is 1. The summed E-state index contributed by atoms with van der Waals surface area (Å²) >= 11 is 5.77. The van der Waals surface area contributed by atoms with E-state index in [4.69, 9.17) is 17.3 Å². The van der Waals surface area contributed by atoms with Crippen LogP contribution in [0, 0.1) is 6.92 Å². The topological polar surface area (TPSA) is 78.0 Å². The van der Waals surface area contributed by atoms with Gasteiger partial charge in [-0.3, -0.25) is 4.68 Å². The van der Waals surface area contributed by atoms with Gasteiger partial charge >= 0.3 is 0 Å². The highest BCUT2D eigenvalue weighted by atomic mass is 35.5. The number of hydrogen-bond acceptors (Lipinski definition) is 4. The highest BCUT2D eigenvalue weighted by Crippen LogP contribution is 2.25. The van der Waals surface area contributed by atoms with E-state index in [1.165, 1.54) is 18.2 Å². The molecule has 102 valence electrons. The third-order valence-corrected chi connectivity index (χ3v) is 4.70. The second-order valence-corrected chi connectivity index (χ2v) is 6.74. The van der Waals surface area contributed by atoms with Crippen LogP contribution in [0.5, 0.6) is 0 Å². The number of aromatic nitrogens is 2. The van der Waals surface area contributed by atoms with Gasteiger partial charge in [0, 0.05) is 12.1 Å². The van der Waals surface area contributed by atoms with Crippen LogP contribution in [-0.4, -0.2) is 18.2 Å². The molecule has 2 rings (SSSR count). The fourth-order valence-corrected chi connectivity index (χ4v) is 3.56. The Morgan fingerprint density at radius 1 is 1.37 bits per heavy atom. The first-order valence-electron chi connectivity index (χ1n) is 5.57. The molecule has 0 aliphatic carbocycles. The molecule has 0 atom stereocenters. The first-order chi connectivity index (χ1) is 8.79. The van der Waals surface area contributed by atoms with Crippen LogP contribution in [0.2, 0.25) is 5.02 Å². The second-order valence-electron chi connectivity index (χ2n) is 4.34. The average Bonchev–Trinajstić information content (AvgIpc) is 2.55. The molecular weight excluding hydrogens is 286 g/mol. The quantitative estimate of drug-likeness (QED) is 0.879. The summed E-state index contributed by atoms with van der Waals surface area (Å²) in [6, 6.07) is 6.11. The minimum absolute atomic E-state index is 0.0933. The smallest absolute Gasteiger partial charge is 0.186 e. The van der Waals surface area contributed by atoms with Crippen LogP contribution in [0.4, 0.5) is 5.69 Å². The summed E-state index contributed by atoms with van der Waals surface area (Å²) in [5, 5.41) is 4.54. The second kappa shape index (κ2) is 4.86. The maximum atomic E-state index is 12.3. The van der Waals surface area contributed by atoms with Crippen LogP contribution < -0.4 is 5.73 Å². The van der Waals surface area contributed by atoms with Gasteiger partial charge in [-0.25, -0.2) is 8.42 Å². The zero-order chi connectivity index (χ0) is 14.2. The first kappa shape index (κ1) is 13.9. The Labute approximate surface area is 116 Å². The fraction of sp³-hybridized carbons (Fsp3) is 0.250. The predicted octanol–water partition coefficient (Wildman–Crippen LogP) is 1.94. The van der Waals surface area contributed by atoms with Crippen molar-refractivity contribution >= 4 is 27.1 Å². The number of nitrogen functional groups attached to an aromatic ring is 1. The highest BCUT2D eigenvalue weighted by Gasteiger charge is 2.20. The highest BCUT2D eigenvalue weighted by molar-refractivity contribution is 7.90. The van der Waals surface area contributed by atoms with Gasteiger partial charge in [-0.2, -0.15) is 5.10 Å². The molecule has 1 aromatic heterocycles. The summed E-state index contributed by atoms with van der Waals surface area (Å²) in [6.07, 6.45) is 0. The van der Waals surface area contributed by atoms with Crippen LogP contribution in [0.3, 0.4) is 0 Å². The lowest BCUT2D eigenvalue weighted by atomic mass is 10.3. The van der Waals surface area contributed by atoms with Gasteiger partial charge in [-0.1, -0.05) is 11.6 Å². The fourth-order valence-electron chi connectivity index (χ4n) is 1.87. The van der Waals surface area contributed by atoms with Crippen molar-refractivity contribution in [1.82, 2.24) is 9.78 Å². The van der Waals surface area contributed by atoms with E-state index in [9.17, 15) is 8.42 Å². The summed E-state index contributed by atoms with van der Waals surface area (Å²) in [5.74, 6) is -0.143. The van der Waals surface area contributed by atoms with Crippen LogP contribution in [0.15, 0.2) is 29.2 Å². The summed E-state index contributed by atoms with van der Waals surface area (Å²) < 4.78 is 26.2. The summed E-state index contributed by atoms with van der Waals surface area (Å²) in [7, 11) is -1.80. The van der Waals surface area contributed by atoms with Crippen molar-refractivity contribution in [3.63, 3.8) is 0 Å². The molecule has 0 radical (unpaired) electrons. The van der Waals surface area contributed by atoms with Crippen molar-refractivity contribution in [2.75, 3.05) is 5.73 Å². The van der Waals surface area contributed by atoms with Crippen molar-refractivity contribution < 1.29 is 8.42 Å². The normalized spacial score (nSPS) is 11.7. The number of rotatable bonds is 3. The average molecular weight is 300 g/mol. The molecule has 0 fully saturated rings. The Bertz CT molecular complexity index is 723. The molecule has 0 spiro atoms. The maximum absolute atomic E-state index is 12.3. The third kappa shape index (κ3) is 2.90. The summed E-state index contributed by atoms with van der Waals surface area (Å²) in [6.45, 7) is 1.81. The Morgan fingerprint density at radius 3 is 2.58 bits per heavy atom. The monoisotopic (exact) mass is 299 g/mol. The zero-order valence-corrected chi connectivity index (χ0v) is 12.2. The van der Waals surface area contributed by atoms with Crippen molar-refractivity contribution in [2.24, 2.45) is 7.05 Å². The van der Waals surface area contributed by atoms with Crippen LogP contribution in [0.25, 0.3) is 0 Å². The molecule has 0 unspecified atom stereocenters. The van der Waals surface area contributed by atoms with Gasteiger partial charge in [0.25, 0.3) is 0 Å². The van der Waals surface area contributed by atoms with Crippen molar-refractivity contribution in [3.05, 3.63) is 40.7 Å². The van der Waals surface area contributed by atoms with E-state index < -0.39 is 9.84 Å². The Morgan fingerprint density at radius 2 is 2.05 bits per heavy atom. The van der Waals surface area contributed by atoms with Gasteiger partial charge in [-0.15, -0.1) is 0 Å². The Balaban J connectivity index is 2.40. The van der Waals surface area contributed by atoms with E-state index in [0.29, 0.717) is 10.7 Å². The van der Waals surface area contributed by atoms with E-state index in [-0.39, 0.29) is 16.3 Å². The SMILES string of the molecule is Cc1cc(CS(=O)(=O)c2ccc(Cl)cc2N)n(C)n1. The molecule has 7 heteroatoms. The molecule has 0 bridgehead atoms. The number of anilines is 1. The number of aryl methyl sites for hydroxylation is 2. The van der Waals surface area contributed by atoms with Gasteiger partial charge in [-0.05, 0) is 31.2 Å². The van der Waals surface area contributed by atoms with Gasteiger partial charge in [0.05, 0.1) is 27.7 Å². The molecule has 0 aliphatic rings. The minimum Gasteiger partial charge on any atom is -0.398 e. The van der Waals surface area contributed by atoms with E-state index >= 15 is 0 Å². The minimum atomic E-state index is -3.51. The van der Waals surface area contributed by atoms with Gasteiger partial charge in [0.2, 0.25) is 0 Å². The van der Waals surface area contributed by atoms with Crippen LogP contribution in [0.1, 0.15) is 11.4 Å². The van der Waals surface area contributed by atoms with Crippen molar-refractivity contribution in [1.29, 1.82) is 0 Å². The molecular formula is C12H14ClN3O2S. The van der Waals surface area contributed by atoms with Crippen molar-refractivity contribution in [2.45, 2.75) is 17.6 Å². The number of sulfone groups is 1. The lowest BCUT2D eigenvalue weighted by molar-refractivity contribution is 0.592. The largest absolute Gasteiger partial charge is 0.398 e. The number of nitrogens with zero attached hydrogens (tertiary/aromatic N) is 2. The molecule has 2 N–H and O–H groups in total. The number of nitrogens with two attached hydrogens (primary N) is 1. The van der Waals surface area contributed by atoms with E-state index in [1.807, 2.05) is 6.92 Å².